The summed E-state index contributed by atoms with van der Waals surface area (Å²) in [6, 6.07) is 9.89. The molecule has 2 aromatic carbocycles. The van der Waals surface area contributed by atoms with Crippen molar-refractivity contribution in [2.45, 2.75) is 25.0 Å². The third kappa shape index (κ3) is 2.95. The molecule has 1 saturated heterocycles. The number of fused-ring (bicyclic) bond motifs is 3. The molecule has 0 bridgehead atoms. The number of hydrogen-bond acceptors (Lipinski definition) is 4. The van der Waals surface area contributed by atoms with Crippen molar-refractivity contribution in [1.82, 2.24) is 0 Å². The van der Waals surface area contributed by atoms with Crippen LogP contribution in [-0.4, -0.2) is 19.7 Å². The number of esters is 1. The number of anilines is 1. The summed E-state index contributed by atoms with van der Waals surface area (Å²) in [5, 5.41) is 4.11. The first-order chi connectivity index (χ1) is 12.6. The summed E-state index contributed by atoms with van der Waals surface area (Å²) in [5.41, 5.74) is 2.65. The number of halogens is 2. The highest BCUT2D eigenvalue weighted by molar-refractivity contribution is 6.30. The Kier molecular flexibility index (Phi) is 4.59. The van der Waals surface area contributed by atoms with Crippen LogP contribution in [0, 0.1) is 11.7 Å². The van der Waals surface area contributed by atoms with Crippen LogP contribution in [0.2, 0.25) is 5.02 Å². The van der Waals surface area contributed by atoms with E-state index in [0.29, 0.717) is 17.2 Å². The number of hydrogen-bond donors (Lipinski definition) is 1. The standard InChI is InChI=1S/C20H19ClFNO3/c1-25-20(24)11-4-6-13(16(22)9-11)18-14-3-2-8-26-19(14)15-10-12(21)5-7-17(15)23-18/h4-7,9-10,14,18-19,23H,2-3,8H2,1H3/t14-,18+,19-/m1/s1. The minimum absolute atomic E-state index is 0.0909. The Morgan fingerprint density at radius 3 is 2.88 bits per heavy atom. The van der Waals surface area contributed by atoms with Crippen molar-refractivity contribution in [1.29, 1.82) is 0 Å². The Labute approximate surface area is 156 Å². The van der Waals surface area contributed by atoms with Gasteiger partial charge in [0, 0.05) is 34.4 Å². The maximum absolute atomic E-state index is 14.8. The molecule has 2 aliphatic rings. The monoisotopic (exact) mass is 375 g/mol. The fourth-order valence-corrected chi connectivity index (χ4v) is 4.15. The fraction of sp³-hybridized carbons (Fsp3) is 0.350. The van der Waals surface area contributed by atoms with E-state index in [4.69, 9.17) is 16.3 Å². The largest absolute Gasteiger partial charge is 0.465 e. The molecule has 1 N–H and O–H groups in total. The Morgan fingerprint density at radius 1 is 1.27 bits per heavy atom. The van der Waals surface area contributed by atoms with Gasteiger partial charge in [0.15, 0.2) is 0 Å². The molecule has 0 aliphatic carbocycles. The molecule has 0 spiro atoms. The normalized spacial score (nSPS) is 24.2. The summed E-state index contributed by atoms with van der Waals surface area (Å²) in [4.78, 5) is 11.6. The predicted octanol–water partition coefficient (Wildman–Crippen LogP) is 4.90. The summed E-state index contributed by atoms with van der Waals surface area (Å²) in [6.07, 6.45) is 1.73. The van der Waals surface area contributed by atoms with Crippen molar-refractivity contribution in [3.8, 4) is 0 Å². The van der Waals surface area contributed by atoms with Gasteiger partial charge in [0.1, 0.15) is 5.82 Å². The van der Waals surface area contributed by atoms with E-state index in [-0.39, 0.29) is 23.6 Å². The van der Waals surface area contributed by atoms with Crippen molar-refractivity contribution in [2.75, 3.05) is 19.0 Å². The second kappa shape index (κ2) is 6.89. The summed E-state index contributed by atoms with van der Waals surface area (Å²) in [6.45, 7) is 0.684. The van der Waals surface area contributed by atoms with E-state index in [1.165, 1.54) is 13.2 Å². The van der Waals surface area contributed by atoms with Gasteiger partial charge in [-0.05, 0) is 43.2 Å². The maximum Gasteiger partial charge on any atom is 0.337 e. The second-order valence-electron chi connectivity index (χ2n) is 6.68. The predicted molar refractivity (Wildman–Crippen MR) is 97.0 cm³/mol. The van der Waals surface area contributed by atoms with Crippen LogP contribution < -0.4 is 5.32 Å². The highest BCUT2D eigenvalue weighted by Gasteiger charge is 2.40. The van der Waals surface area contributed by atoms with Crippen LogP contribution in [-0.2, 0) is 9.47 Å². The average Bonchev–Trinajstić information content (AvgIpc) is 2.67. The van der Waals surface area contributed by atoms with Crippen LogP contribution in [0.25, 0.3) is 0 Å². The molecule has 2 aliphatic heterocycles. The molecular formula is C20H19ClFNO3. The molecule has 2 aromatic rings. The number of nitrogens with one attached hydrogen (secondary N) is 1. The second-order valence-corrected chi connectivity index (χ2v) is 7.12. The Hall–Kier alpha value is -2.11. The zero-order valence-electron chi connectivity index (χ0n) is 14.3. The van der Waals surface area contributed by atoms with Gasteiger partial charge in [-0.15, -0.1) is 0 Å². The molecule has 3 atom stereocenters. The van der Waals surface area contributed by atoms with Crippen molar-refractivity contribution in [2.24, 2.45) is 5.92 Å². The van der Waals surface area contributed by atoms with E-state index in [1.807, 2.05) is 18.2 Å². The molecule has 4 rings (SSSR count). The average molecular weight is 376 g/mol. The van der Waals surface area contributed by atoms with Crippen LogP contribution in [0.3, 0.4) is 0 Å². The maximum atomic E-state index is 14.8. The van der Waals surface area contributed by atoms with Gasteiger partial charge >= 0.3 is 5.97 Å². The summed E-state index contributed by atoms with van der Waals surface area (Å²) >= 11 is 6.16. The zero-order chi connectivity index (χ0) is 18.3. The third-order valence-electron chi connectivity index (χ3n) is 5.18. The summed E-state index contributed by atoms with van der Waals surface area (Å²) in [7, 11) is 1.28. The molecule has 136 valence electrons. The number of carbonyl (C=O) groups is 1. The summed E-state index contributed by atoms with van der Waals surface area (Å²) in [5.74, 6) is -0.883. The molecule has 0 saturated carbocycles. The van der Waals surface area contributed by atoms with E-state index in [1.54, 1.807) is 12.1 Å². The number of ether oxygens (including phenoxy) is 2. The minimum atomic E-state index is -0.550. The van der Waals surface area contributed by atoms with Crippen LogP contribution in [0.1, 0.15) is 46.5 Å². The van der Waals surface area contributed by atoms with Gasteiger partial charge in [0.2, 0.25) is 0 Å². The van der Waals surface area contributed by atoms with Crippen LogP contribution in [0.5, 0.6) is 0 Å². The van der Waals surface area contributed by atoms with Gasteiger partial charge in [-0.2, -0.15) is 0 Å². The molecule has 0 amide bonds. The minimum Gasteiger partial charge on any atom is -0.465 e. The lowest BCUT2D eigenvalue weighted by molar-refractivity contribution is -0.0384. The van der Waals surface area contributed by atoms with Crippen LogP contribution in [0.15, 0.2) is 36.4 Å². The van der Waals surface area contributed by atoms with Crippen LogP contribution >= 0.6 is 11.6 Å². The lowest BCUT2D eigenvalue weighted by Gasteiger charge is -2.43. The molecule has 6 heteroatoms. The molecule has 26 heavy (non-hydrogen) atoms. The van der Waals surface area contributed by atoms with Crippen molar-refractivity contribution in [3.63, 3.8) is 0 Å². The van der Waals surface area contributed by atoms with Gasteiger partial charge in [-0.3, -0.25) is 0 Å². The Morgan fingerprint density at radius 2 is 2.12 bits per heavy atom. The SMILES string of the molecule is COC(=O)c1ccc([C@@H]2Nc3ccc(Cl)cc3[C@@H]3OCCC[C@H]23)c(F)c1. The van der Waals surface area contributed by atoms with Gasteiger partial charge in [0.05, 0.1) is 24.8 Å². The molecular weight excluding hydrogens is 357 g/mol. The van der Waals surface area contributed by atoms with Crippen molar-refractivity contribution < 1.29 is 18.7 Å². The van der Waals surface area contributed by atoms with Gasteiger partial charge in [0.25, 0.3) is 0 Å². The van der Waals surface area contributed by atoms with E-state index >= 15 is 0 Å². The molecule has 2 heterocycles. The first-order valence-corrected chi connectivity index (χ1v) is 9.01. The lowest BCUT2D eigenvalue weighted by atomic mass is 9.77. The van der Waals surface area contributed by atoms with Gasteiger partial charge < -0.3 is 14.8 Å². The first kappa shape index (κ1) is 17.3. The van der Waals surface area contributed by atoms with Gasteiger partial charge in [-0.25, -0.2) is 9.18 Å². The van der Waals surface area contributed by atoms with E-state index in [0.717, 1.165) is 24.1 Å². The summed E-state index contributed by atoms with van der Waals surface area (Å²) < 4.78 is 25.5. The first-order valence-electron chi connectivity index (χ1n) is 8.64. The van der Waals surface area contributed by atoms with Crippen molar-refractivity contribution >= 4 is 23.3 Å². The number of methoxy groups -OCH3 is 1. The Bertz CT molecular complexity index is 857. The highest BCUT2D eigenvalue weighted by atomic mass is 35.5. The number of carbonyl (C=O) groups excluding carboxylic acids is 1. The topological polar surface area (TPSA) is 47.6 Å². The smallest absolute Gasteiger partial charge is 0.337 e. The lowest BCUT2D eigenvalue weighted by Crippen LogP contribution is -2.36. The van der Waals surface area contributed by atoms with Crippen LogP contribution in [0.4, 0.5) is 10.1 Å². The van der Waals surface area contributed by atoms with Crippen molar-refractivity contribution in [3.05, 3.63) is 63.9 Å². The van der Waals surface area contributed by atoms with E-state index in [2.05, 4.69) is 10.1 Å². The van der Waals surface area contributed by atoms with E-state index < -0.39 is 11.8 Å². The molecule has 0 radical (unpaired) electrons. The molecule has 0 unspecified atom stereocenters. The zero-order valence-corrected chi connectivity index (χ0v) is 15.1. The number of rotatable bonds is 2. The molecule has 0 aromatic heterocycles. The fourth-order valence-electron chi connectivity index (χ4n) is 3.97. The highest BCUT2D eigenvalue weighted by Crippen LogP contribution is 2.49. The Balaban J connectivity index is 1.74. The van der Waals surface area contributed by atoms with Gasteiger partial charge in [-0.1, -0.05) is 17.7 Å². The molecule has 1 fully saturated rings. The van der Waals surface area contributed by atoms with E-state index in [9.17, 15) is 9.18 Å². The quantitative estimate of drug-likeness (QED) is 0.758. The molecule has 4 nitrogen and oxygen atoms in total. The third-order valence-corrected chi connectivity index (χ3v) is 5.42. The number of benzene rings is 2.